The molecule has 0 spiro atoms. The third kappa shape index (κ3) is 5.42. The van der Waals surface area contributed by atoms with E-state index in [4.69, 9.17) is 14.0 Å². The number of nitrogens with zero attached hydrogens (tertiary/aromatic N) is 2. The fourth-order valence-electron chi connectivity index (χ4n) is 3.24. The predicted octanol–water partition coefficient (Wildman–Crippen LogP) is 3.51. The lowest BCUT2D eigenvalue weighted by atomic mass is 10.1. The van der Waals surface area contributed by atoms with Gasteiger partial charge in [0, 0.05) is 24.6 Å². The van der Waals surface area contributed by atoms with Gasteiger partial charge in [-0.25, -0.2) is 13.1 Å². The van der Waals surface area contributed by atoms with Crippen LogP contribution in [0.3, 0.4) is 0 Å². The minimum Gasteiger partial charge on any atom is -0.486 e. The Morgan fingerprint density at radius 1 is 0.968 bits per heavy atom. The fourth-order valence-corrected chi connectivity index (χ4v) is 4.32. The van der Waals surface area contributed by atoms with Crippen LogP contribution in [-0.4, -0.2) is 38.3 Å². The molecule has 9 heteroatoms. The van der Waals surface area contributed by atoms with Gasteiger partial charge in [-0.1, -0.05) is 41.4 Å². The lowest BCUT2D eigenvalue weighted by Crippen LogP contribution is -2.25. The van der Waals surface area contributed by atoms with E-state index in [1.165, 1.54) is 17.7 Å². The van der Waals surface area contributed by atoms with Crippen molar-refractivity contribution in [1.29, 1.82) is 0 Å². The van der Waals surface area contributed by atoms with E-state index in [0.717, 1.165) is 18.4 Å². The van der Waals surface area contributed by atoms with Crippen molar-refractivity contribution in [3.05, 3.63) is 53.9 Å². The van der Waals surface area contributed by atoms with Crippen LogP contribution in [0.15, 0.2) is 51.9 Å². The molecule has 164 valence electrons. The number of nitrogens with one attached hydrogen (secondary N) is 1. The van der Waals surface area contributed by atoms with E-state index in [0.29, 0.717) is 55.8 Å². The van der Waals surface area contributed by atoms with Gasteiger partial charge in [0.25, 0.3) is 0 Å². The Morgan fingerprint density at radius 2 is 1.74 bits per heavy atom. The highest BCUT2D eigenvalue weighted by atomic mass is 32.2. The summed E-state index contributed by atoms with van der Waals surface area (Å²) in [5, 5.41) is 4.03. The molecule has 1 aliphatic rings. The largest absolute Gasteiger partial charge is 0.486 e. The molecular weight excluding hydrogens is 418 g/mol. The SMILES string of the molecule is Cc1ccc(-c2noc(CCCCCNS(=O)(=O)c3ccc4c(c3)OCCO4)n2)cc1. The average Bonchev–Trinajstić information content (AvgIpc) is 3.25. The summed E-state index contributed by atoms with van der Waals surface area (Å²) in [6.45, 7) is 3.27. The molecule has 1 N–H and O–H groups in total. The molecule has 0 aliphatic carbocycles. The maximum Gasteiger partial charge on any atom is 0.240 e. The first-order valence-corrected chi connectivity index (χ1v) is 11.8. The van der Waals surface area contributed by atoms with E-state index < -0.39 is 10.0 Å². The van der Waals surface area contributed by atoms with Crippen molar-refractivity contribution in [3.63, 3.8) is 0 Å². The van der Waals surface area contributed by atoms with Gasteiger partial charge in [0.1, 0.15) is 13.2 Å². The first kappa shape index (κ1) is 21.3. The van der Waals surface area contributed by atoms with E-state index in [1.807, 2.05) is 31.2 Å². The molecule has 0 unspecified atom stereocenters. The van der Waals surface area contributed by atoms with Crippen LogP contribution in [0.1, 0.15) is 30.7 Å². The Labute approximate surface area is 181 Å². The quantitative estimate of drug-likeness (QED) is 0.505. The Bertz CT molecular complexity index is 1130. The maximum atomic E-state index is 12.5. The topological polar surface area (TPSA) is 104 Å². The minimum absolute atomic E-state index is 0.172. The second-order valence-corrected chi connectivity index (χ2v) is 9.16. The average molecular weight is 444 g/mol. The van der Waals surface area contributed by atoms with Crippen molar-refractivity contribution < 1.29 is 22.4 Å². The molecule has 1 aromatic heterocycles. The number of hydrogen-bond acceptors (Lipinski definition) is 7. The van der Waals surface area contributed by atoms with Gasteiger partial charge in [-0.2, -0.15) is 4.98 Å². The van der Waals surface area contributed by atoms with Crippen molar-refractivity contribution in [3.8, 4) is 22.9 Å². The summed E-state index contributed by atoms with van der Waals surface area (Å²) in [6.07, 6.45) is 3.05. The Morgan fingerprint density at radius 3 is 2.55 bits per heavy atom. The second kappa shape index (κ2) is 9.49. The van der Waals surface area contributed by atoms with Gasteiger partial charge in [0.05, 0.1) is 4.90 Å². The summed E-state index contributed by atoms with van der Waals surface area (Å²) < 4.78 is 43.8. The molecule has 0 amide bonds. The first-order chi connectivity index (χ1) is 15.0. The van der Waals surface area contributed by atoms with Crippen LogP contribution in [0, 0.1) is 6.92 Å². The smallest absolute Gasteiger partial charge is 0.240 e. The van der Waals surface area contributed by atoms with Crippen molar-refractivity contribution in [2.24, 2.45) is 0 Å². The number of sulfonamides is 1. The summed E-state index contributed by atoms with van der Waals surface area (Å²) in [5.74, 6) is 2.20. The number of benzene rings is 2. The molecule has 2 aromatic carbocycles. The molecule has 0 bridgehead atoms. The normalized spacial score (nSPS) is 13.3. The Hall–Kier alpha value is -2.91. The van der Waals surface area contributed by atoms with Gasteiger partial charge < -0.3 is 14.0 Å². The monoisotopic (exact) mass is 443 g/mol. The summed E-state index contributed by atoms with van der Waals surface area (Å²) in [6, 6.07) is 12.6. The minimum atomic E-state index is -3.59. The summed E-state index contributed by atoms with van der Waals surface area (Å²) in [7, 11) is -3.59. The molecule has 1 aliphatic heterocycles. The van der Waals surface area contributed by atoms with Gasteiger partial charge >= 0.3 is 0 Å². The summed E-state index contributed by atoms with van der Waals surface area (Å²) in [4.78, 5) is 4.60. The van der Waals surface area contributed by atoms with E-state index >= 15 is 0 Å². The van der Waals surface area contributed by atoms with Gasteiger partial charge in [-0.05, 0) is 31.9 Å². The number of rotatable bonds is 9. The number of unbranched alkanes of at least 4 members (excludes halogenated alkanes) is 2. The Balaban J connectivity index is 1.20. The van der Waals surface area contributed by atoms with Crippen LogP contribution < -0.4 is 14.2 Å². The number of aromatic nitrogens is 2. The number of ether oxygens (including phenoxy) is 2. The van der Waals surface area contributed by atoms with E-state index in [1.54, 1.807) is 6.07 Å². The third-order valence-electron chi connectivity index (χ3n) is 4.96. The molecule has 4 rings (SSSR count). The summed E-state index contributed by atoms with van der Waals surface area (Å²) >= 11 is 0. The molecule has 31 heavy (non-hydrogen) atoms. The van der Waals surface area contributed by atoms with Crippen LogP contribution in [-0.2, 0) is 16.4 Å². The lowest BCUT2D eigenvalue weighted by Gasteiger charge is -2.18. The van der Waals surface area contributed by atoms with Gasteiger partial charge in [-0.3, -0.25) is 0 Å². The van der Waals surface area contributed by atoms with Crippen molar-refractivity contribution in [2.45, 2.75) is 37.5 Å². The number of fused-ring (bicyclic) bond motifs is 1. The lowest BCUT2D eigenvalue weighted by molar-refractivity contribution is 0.171. The molecule has 0 fully saturated rings. The standard InChI is InChI=1S/C22H25N3O5S/c1-16-6-8-17(9-7-16)22-24-21(30-25-22)5-3-2-4-12-23-31(26,27)18-10-11-19-20(15-18)29-14-13-28-19/h6-11,15,23H,2-5,12-14H2,1H3. The van der Waals surface area contributed by atoms with Crippen molar-refractivity contribution in [1.82, 2.24) is 14.9 Å². The predicted molar refractivity (Wildman–Crippen MR) is 115 cm³/mol. The summed E-state index contributed by atoms with van der Waals surface area (Å²) in [5.41, 5.74) is 2.10. The highest BCUT2D eigenvalue weighted by Crippen LogP contribution is 2.32. The third-order valence-corrected chi connectivity index (χ3v) is 6.42. The van der Waals surface area contributed by atoms with E-state index in [-0.39, 0.29) is 4.90 Å². The van der Waals surface area contributed by atoms with E-state index in [2.05, 4.69) is 14.9 Å². The van der Waals surface area contributed by atoms with Crippen molar-refractivity contribution >= 4 is 10.0 Å². The molecule has 0 radical (unpaired) electrons. The molecule has 0 saturated carbocycles. The van der Waals surface area contributed by atoms with Crippen LogP contribution >= 0.6 is 0 Å². The molecule has 2 heterocycles. The molecule has 0 saturated heterocycles. The van der Waals surface area contributed by atoms with Crippen LogP contribution in [0.4, 0.5) is 0 Å². The zero-order valence-electron chi connectivity index (χ0n) is 17.3. The van der Waals surface area contributed by atoms with Crippen LogP contribution in [0.2, 0.25) is 0 Å². The number of aryl methyl sites for hydroxylation is 2. The second-order valence-electron chi connectivity index (χ2n) is 7.39. The van der Waals surface area contributed by atoms with Crippen LogP contribution in [0.5, 0.6) is 11.5 Å². The zero-order chi connectivity index (χ0) is 21.7. The van der Waals surface area contributed by atoms with Crippen molar-refractivity contribution in [2.75, 3.05) is 19.8 Å². The maximum absolute atomic E-state index is 12.5. The zero-order valence-corrected chi connectivity index (χ0v) is 18.2. The van der Waals surface area contributed by atoms with Crippen LogP contribution in [0.25, 0.3) is 11.4 Å². The van der Waals surface area contributed by atoms with E-state index in [9.17, 15) is 8.42 Å². The highest BCUT2D eigenvalue weighted by Gasteiger charge is 2.19. The molecule has 8 nitrogen and oxygen atoms in total. The van der Waals surface area contributed by atoms with Gasteiger partial charge in [0.15, 0.2) is 11.5 Å². The fraction of sp³-hybridized carbons (Fsp3) is 0.364. The van der Waals surface area contributed by atoms with Gasteiger partial charge in [-0.15, -0.1) is 0 Å². The Kier molecular flexibility index (Phi) is 6.53. The number of hydrogen-bond donors (Lipinski definition) is 1. The molecule has 3 aromatic rings. The van der Waals surface area contributed by atoms with Gasteiger partial charge in [0.2, 0.25) is 21.7 Å². The molecule has 0 atom stereocenters. The first-order valence-electron chi connectivity index (χ1n) is 10.3. The molecular formula is C22H25N3O5S. The highest BCUT2D eigenvalue weighted by molar-refractivity contribution is 7.89.